The maximum atomic E-state index is 12.2. The molecule has 17 heavy (non-hydrogen) atoms. The van der Waals surface area contributed by atoms with E-state index in [9.17, 15) is 4.79 Å². The third kappa shape index (κ3) is 3.62. The molecular weight excluding hydrogens is 240 g/mol. The van der Waals surface area contributed by atoms with E-state index >= 15 is 0 Å². The van der Waals surface area contributed by atoms with Crippen LogP contribution in [-0.2, 0) is 9.53 Å². The van der Waals surface area contributed by atoms with Crippen LogP contribution in [0.3, 0.4) is 0 Å². The SMILES string of the molecule is CCC(C(=O)N1CC(C)OC(CO)C1)C(N)=S. The minimum absolute atomic E-state index is 0.0615. The Hall–Kier alpha value is -0.720. The molecule has 0 aliphatic carbocycles. The van der Waals surface area contributed by atoms with Crippen molar-refractivity contribution in [3.05, 3.63) is 0 Å². The number of rotatable bonds is 4. The number of thiocarbonyl (C=S) groups is 1. The van der Waals surface area contributed by atoms with E-state index in [0.29, 0.717) is 19.5 Å². The summed E-state index contributed by atoms with van der Waals surface area (Å²) in [5, 5.41) is 9.10. The number of nitrogens with zero attached hydrogens (tertiary/aromatic N) is 1. The second kappa shape index (κ2) is 6.28. The highest BCUT2D eigenvalue weighted by Crippen LogP contribution is 2.15. The summed E-state index contributed by atoms with van der Waals surface area (Å²) in [7, 11) is 0. The standard InChI is InChI=1S/C11H20N2O3S/c1-3-9(10(12)17)11(15)13-4-7(2)16-8(5-13)6-14/h7-9,14H,3-6H2,1-2H3,(H2,12,17). The van der Waals surface area contributed by atoms with Gasteiger partial charge in [-0.05, 0) is 13.3 Å². The Labute approximate surface area is 107 Å². The summed E-state index contributed by atoms with van der Waals surface area (Å²) >= 11 is 4.90. The predicted molar refractivity (Wildman–Crippen MR) is 68.6 cm³/mol. The number of aliphatic hydroxyl groups excluding tert-OH is 1. The number of carbonyl (C=O) groups is 1. The van der Waals surface area contributed by atoms with Crippen LogP contribution < -0.4 is 5.73 Å². The molecule has 0 spiro atoms. The lowest BCUT2D eigenvalue weighted by Gasteiger charge is -2.37. The fourth-order valence-electron chi connectivity index (χ4n) is 2.04. The zero-order valence-corrected chi connectivity index (χ0v) is 11.1. The van der Waals surface area contributed by atoms with Crippen molar-refractivity contribution in [2.45, 2.75) is 32.5 Å². The quantitative estimate of drug-likeness (QED) is 0.691. The topological polar surface area (TPSA) is 75.8 Å². The summed E-state index contributed by atoms with van der Waals surface area (Å²) < 4.78 is 5.48. The third-order valence-electron chi connectivity index (χ3n) is 2.89. The summed E-state index contributed by atoms with van der Waals surface area (Å²) in [4.78, 5) is 14.1. The highest BCUT2D eigenvalue weighted by Gasteiger charge is 2.32. The fraction of sp³-hybridized carbons (Fsp3) is 0.818. The Morgan fingerprint density at radius 2 is 2.29 bits per heavy atom. The molecule has 1 saturated heterocycles. The van der Waals surface area contributed by atoms with E-state index in [2.05, 4.69) is 0 Å². The molecule has 0 aromatic rings. The monoisotopic (exact) mass is 260 g/mol. The molecule has 0 radical (unpaired) electrons. The van der Waals surface area contributed by atoms with Gasteiger partial charge in [0.2, 0.25) is 5.91 Å². The van der Waals surface area contributed by atoms with E-state index in [-0.39, 0.29) is 29.7 Å². The van der Waals surface area contributed by atoms with Crippen molar-refractivity contribution in [1.82, 2.24) is 4.90 Å². The maximum Gasteiger partial charge on any atom is 0.232 e. The van der Waals surface area contributed by atoms with Crippen LogP contribution in [-0.4, -0.2) is 52.8 Å². The average molecular weight is 260 g/mol. The third-order valence-corrected chi connectivity index (χ3v) is 3.18. The second-order valence-corrected chi connectivity index (χ2v) is 4.83. The summed E-state index contributed by atoms with van der Waals surface area (Å²) in [5.74, 6) is -0.469. The van der Waals surface area contributed by atoms with E-state index in [4.69, 9.17) is 27.8 Å². The summed E-state index contributed by atoms with van der Waals surface area (Å²) in [6.07, 6.45) is 0.212. The fourth-order valence-corrected chi connectivity index (χ4v) is 2.31. The Morgan fingerprint density at radius 3 is 2.76 bits per heavy atom. The Kier molecular flexibility index (Phi) is 5.30. The molecule has 1 rings (SSSR count). The van der Waals surface area contributed by atoms with Crippen LogP contribution in [0.15, 0.2) is 0 Å². The Balaban J connectivity index is 2.70. The van der Waals surface area contributed by atoms with Crippen molar-refractivity contribution in [3.63, 3.8) is 0 Å². The number of aliphatic hydroxyl groups is 1. The van der Waals surface area contributed by atoms with Crippen LogP contribution in [0.25, 0.3) is 0 Å². The first-order chi connectivity index (χ1) is 7.99. The van der Waals surface area contributed by atoms with Crippen molar-refractivity contribution in [3.8, 4) is 0 Å². The average Bonchev–Trinajstić information content (AvgIpc) is 2.28. The molecule has 6 heteroatoms. The Morgan fingerprint density at radius 1 is 1.65 bits per heavy atom. The molecule has 1 aliphatic rings. The van der Waals surface area contributed by atoms with Gasteiger partial charge in [0.25, 0.3) is 0 Å². The van der Waals surface area contributed by atoms with Gasteiger partial charge in [0.1, 0.15) is 0 Å². The molecule has 1 aliphatic heterocycles. The van der Waals surface area contributed by atoms with Gasteiger partial charge in [-0.2, -0.15) is 0 Å². The summed E-state index contributed by atoms with van der Waals surface area (Å²) in [6, 6.07) is 0. The molecule has 0 aromatic carbocycles. The van der Waals surface area contributed by atoms with Gasteiger partial charge in [-0.1, -0.05) is 19.1 Å². The van der Waals surface area contributed by atoms with E-state index in [0.717, 1.165) is 0 Å². The van der Waals surface area contributed by atoms with Crippen LogP contribution in [0, 0.1) is 5.92 Å². The lowest BCUT2D eigenvalue weighted by molar-refractivity contribution is -0.149. The predicted octanol–water partition coefficient (Wildman–Crippen LogP) is -0.0931. The molecule has 98 valence electrons. The number of hydrogen-bond acceptors (Lipinski definition) is 4. The number of carbonyl (C=O) groups excluding carboxylic acids is 1. The van der Waals surface area contributed by atoms with Gasteiger partial charge in [-0.3, -0.25) is 4.79 Å². The van der Waals surface area contributed by atoms with Gasteiger partial charge >= 0.3 is 0 Å². The van der Waals surface area contributed by atoms with Gasteiger partial charge in [0.05, 0.1) is 29.7 Å². The normalized spacial score (nSPS) is 26.6. The van der Waals surface area contributed by atoms with Crippen molar-refractivity contribution in [2.24, 2.45) is 11.7 Å². The highest BCUT2D eigenvalue weighted by atomic mass is 32.1. The first-order valence-corrected chi connectivity index (χ1v) is 6.24. The summed E-state index contributed by atoms with van der Waals surface area (Å²) in [6.45, 7) is 4.60. The number of amides is 1. The molecule has 3 unspecified atom stereocenters. The molecule has 0 aromatic heterocycles. The molecule has 1 amide bonds. The molecule has 1 heterocycles. The molecule has 0 saturated carbocycles. The molecular formula is C11H20N2O3S. The van der Waals surface area contributed by atoms with Gasteiger partial charge in [0, 0.05) is 13.1 Å². The second-order valence-electron chi connectivity index (χ2n) is 4.36. The van der Waals surface area contributed by atoms with E-state index in [1.165, 1.54) is 0 Å². The maximum absolute atomic E-state index is 12.2. The van der Waals surface area contributed by atoms with Gasteiger partial charge in [-0.25, -0.2) is 0 Å². The van der Waals surface area contributed by atoms with E-state index in [1.807, 2.05) is 13.8 Å². The number of hydrogen-bond donors (Lipinski definition) is 2. The van der Waals surface area contributed by atoms with Crippen LogP contribution in [0.5, 0.6) is 0 Å². The lowest BCUT2D eigenvalue weighted by atomic mass is 10.0. The van der Waals surface area contributed by atoms with Crippen LogP contribution in [0.2, 0.25) is 0 Å². The van der Waals surface area contributed by atoms with Crippen molar-refractivity contribution >= 4 is 23.1 Å². The van der Waals surface area contributed by atoms with Gasteiger partial charge < -0.3 is 20.5 Å². The molecule has 3 N–H and O–H groups in total. The number of ether oxygens (including phenoxy) is 1. The van der Waals surface area contributed by atoms with Crippen molar-refractivity contribution in [2.75, 3.05) is 19.7 Å². The van der Waals surface area contributed by atoms with Gasteiger partial charge in [-0.15, -0.1) is 0 Å². The zero-order chi connectivity index (χ0) is 13.0. The molecule has 5 nitrogen and oxygen atoms in total. The van der Waals surface area contributed by atoms with E-state index in [1.54, 1.807) is 4.90 Å². The van der Waals surface area contributed by atoms with Crippen molar-refractivity contribution < 1.29 is 14.6 Å². The van der Waals surface area contributed by atoms with Gasteiger partial charge in [0.15, 0.2) is 0 Å². The van der Waals surface area contributed by atoms with Crippen LogP contribution in [0.4, 0.5) is 0 Å². The molecule has 3 atom stereocenters. The number of morpholine rings is 1. The van der Waals surface area contributed by atoms with Crippen LogP contribution in [0.1, 0.15) is 20.3 Å². The first-order valence-electron chi connectivity index (χ1n) is 5.84. The van der Waals surface area contributed by atoms with E-state index < -0.39 is 5.92 Å². The summed E-state index contributed by atoms with van der Waals surface area (Å²) in [5.41, 5.74) is 5.56. The largest absolute Gasteiger partial charge is 0.394 e. The minimum atomic E-state index is -0.408. The number of nitrogens with two attached hydrogens (primary N) is 1. The molecule has 1 fully saturated rings. The molecule has 0 bridgehead atoms. The smallest absolute Gasteiger partial charge is 0.232 e. The first kappa shape index (κ1) is 14.3. The van der Waals surface area contributed by atoms with Crippen molar-refractivity contribution in [1.29, 1.82) is 0 Å². The minimum Gasteiger partial charge on any atom is -0.394 e. The zero-order valence-electron chi connectivity index (χ0n) is 10.3. The Bertz CT molecular complexity index is 298. The lowest BCUT2D eigenvalue weighted by Crippen LogP contribution is -2.53. The van der Waals surface area contributed by atoms with Crippen LogP contribution >= 0.6 is 12.2 Å². The highest BCUT2D eigenvalue weighted by molar-refractivity contribution is 7.80.